The van der Waals surface area contributed by atoms with Gasteiger partial charge in [0.05, 0.1) is 6.04 Å². The van der Waals surface area contributed by atoms with E-state index in [0.29, 0.717) is 19.3 Å². The van der Waals surface area contributed by atoms with Gasteiger partial charge in [-0.15, -0.1) is 0 Å². The Morgan fingerprint density at radius 1 is 1.11 bits per heavy atom. The Morgan fingerprint density at radius 3 is 2.89 bits per heavy atom. The first-order chi connectivity index (χ1) is 13.8. The van der Waals surface area contributed by atoms with Crippen molar-refractivity contribution in [1.29, 1.82) is 0 Å². The van der Waals surface area contributed by atoms with Crippen LogP contribution in [-0.2, 0) is 19.5 Å². The summed E-state index contributed by atoms with van der Waals surface area (Å²) in [6.45, 7) is 5.25. The lowest BCUT2D eigenvalue weighted by Gasteiger charge is -2.33. The van der Waals surface area contributed by atoms with Gasteiger partial charge in [0.25, 0.3) is 0 Å². The monoisotopic (exact) mass is 380 g/mol. The summed E-state index contributed by atoms with van der Waals surface area (Å²) >= 11 is 0. The fourth-order valence-corrected chi connectivity index (χ4v) is 4.53. The fraction of sp³-hybridized carbons (Fsp3) is 0.545. The van der Waals surface area contributed by atoms with Gasteiger partial charge in [0.2, 0.25) is 0 Å². The number of benzene rings is 1. The molecule has 3 aliphatic heterocycles. The van der Waals surface area contributed by atoms with Gasteiger partial charge in [-0.2, -0.15) is 0 Å². The highest BCUT2D eigenvalue weighted by Gasteiger charge is 2.25. The molecule has 0 saturated carbocycles. The summed E-state index contributed by atoms with van der Waals surface area (Å²) < 4.78 is 11.3. The normalized spacial score (nSPS) is 22.7. The number of hydrogen-bond donors (Lipinski definition) is 0. The Kier molecular flexibility index (Phi) is 4.91. The Morgan fingerprint density at radius 2 is 2.00 bits per heavy atom. The van der Waals surface area contributed by atoms with Crippen LogP contribution >= 0.6 is 0 Å². The van der Waals surface area contributed by atoms with Gasteiger partial charge in [-0.05, 0) is 44.1 Å². The van der Waals surface area contributed by atoms with Gasteiger partial charge in [-0.1, -0.05) is 12.5 Å². The molecule has 0 aliphatic carbocycles. The topological polar surface area (TPSA) is 50.7 Å². The van der Waals surface area contributed by atoms with Crippen LogP contribution in [0.4, 0.5) is 0 Å². The molecule has 1 aromatic heterocycles. The molecule has 2 aromatic rings. The van der Waals surface area contributed by atoms with Crippen molar-refractivity contribution >= 4 is 0 Å². The van der Waals surface area contributed by atoms with Gasteiger partial charge >= 0.3 is 0 Å². The zero-order valence-corrected chi connectivity index (χ0v) is 16.6. The van der Waals surface area contributed by atoms with E-state index in [1.165, 1.54) is 36.1 Å². The third kappa shape index (κ3) is 3.59. The van der Waals surface area contributed by atoms with E-state index >= 15 is 0 Å². The Balaban J connectivity index is 1.28. The predicted octanol–water partition coefficient (Wildman–Crippen LogP) is 2.96. The molecule has 0 spiro atoms. The second-order valence-electron chi connectivity index (χ2n) is 8.13. The first kappa shape index (κ1) is 17.9. The maximum atomic E-state index is 5.72. The Bertz CT molecular complexity index is 856. The van der Waals surface area contributed by atoms with Gasteiger partial charge in [0, 0.05) is 43.5 Å². The van der Waals surface area contributed by atoms with Crippen molar-refractivity contribution in [2.24, 2.45) is 0 Å². The van der Waals surface area contributed by atoms with Crippen LogP contribution in [0.5, 0.6) is 11.5 Å². The predicted molar refractivity (Wildman–Crippen MR) is 107 cm³/mol. The zero-order valence-electron chi connectivity index (χ0n) is 16.6. The number of ether oxygens (including phenoxy) is 2. The maximum Gasteiger partial charge on any atom is 0.161 e. The number of aromatic nitrogens is 2. The SMILES string of the molecule is CN1CCCC[C@H]1c1ncc2c(n1)CCN(Cc1ccc3c(c1)OCCO3)C2. The summed E-state index contributed by atoms with van der Waals surface area (Å²) in [7, 11) is 2.20. The van der Waals surface area contributed by atoms with Crippen molar-refractivity contribution in [3.05, 3.63) is 47.0 Å². The lowest BCUT2D eigenvalue weighted by molar-refractivity contribution is 0.170. The number of piperidine rings is 1. The number of nitrogens with zero attached hydrogens (tertiary/aromatic N) is 4. The van der Waals surface area contributed by atoms with E-state index in [1.54, 1.807) is 0 Å². The van der Waals surface area contributed by atoms with Crippen LogP contribution < -0.4 is 9.47 Å². The molecule has 1 fully saturated rings. The molecule has 5 rings (SSSR count). The molecular formula is C22H28N4O2. The summed E-state index contributed by atoms with van der Waals surface area (Å²) in [5.74, 6) is 2.74. The molecule has 3 aliphatic rings. The van der Waals surface area contributed by atoms with E-state index < -0.39 is 0 Å². The van der Waals surface area contributed by atoms with Gasteiger partial charge in [-0.25, -0.2) is 9.97 Å². The molecule has 0 unspecified atom stereocenters. The summed E-state index contributed by atoms with van der Waals surface area (Å²) in [4.78, 5) is 14.6. The summed E-state index contributed by atoms with van der Waals surface area (Å²) in [5, 5.41) is 0. The van der Waals surface area contributed by atoms with Crippen LogP contribution in [0.25, 0.3) is 0 Å². The molecule has 4 heterocycles. The zero-order chi connectivity index (χ0) is 18.9. The molecule has 1 aromatic carbocycles. The van der Waals surface area contributed by atoms with Crippen LogP contribution in [0.3, 0.4) is 0 Å². The number of fused-ring (bicyclic) bond motifs is 2. The summed E-state index contributed by atoms with van der Waals surface area (Å²) in [5.41, 5.74) is 3.77. The van der Waals surface area contributed by atoms with Gasteiger partial charge in [0.1, 0.15) is 19.0 Å². The van der Waals surface area contributed by atoms with Crippen LogP contribution in [-0.4, -0.2) is 53.1 Å². The summed E-state index contributed by atoms with van der Waals surface area (Å²) in [6.07, 6.45) is 6.79. The maximum absolute atomic E-state index is 5.72. The van der Waals surface area contributed by atoms with Crippen molar-refractivity contribution in [2.75, 3.05) is 33.4 Å². The molecule has 6 nitrogen and oxygen atoms in total. The first-order valence-electron chi connectivity index (χ1n) is 10.4. The molecule has 28 heavy (non-hydrogen) atoms. The third-order valence-electron chi connectivity index (χ3n) is 6.11. The lowest BCUT2D eigenvalue weighted by atomic mass is 10.0. The third-order valence-corrected chi connectivity index (χ3v) is 6.11. The Labute approximate surface area is 166 Å². The van der Waals surface area contributed by atoms with Gasteiger partial charge in [0.15, 0.2) is 11.5 Å². The quantitative estimate of drug-likeness (QED) is 0.816. The van der Waals surface area contributed by atoms with Crippen molar-refractivity contribution in [1.82, 2.24) is 19.8 Å². The Hall–Kier alpha value is -2.18. The van der Waals surface area contributed by atoms with E-state index in [2.05, 4.69) is 35.2 Å². The molecule has 0 radical (unpaired) electrons. The largest absolute Gasteiger partial charge is 0.486 e. The molecule has 0 bridgehead atoms. The van der Waals surface area contributed by atoms with Crippen molar-refractivity contribution < 1.29 is 9.47 Å². The van der Waals surface area contributed by atoms with Crippen LogP contribution in [0.2, 0.25) is 0 Å². The van der Waals surface area contributed by atoms with E-state index in [4.69, 9.17) is 19.4 Å². The highest BCUT2D eigenvalue weighted by molar-refractivity contribution is 5.43. The molecule has 6 heteroatoms. The minimum Gasteiger partial charge on any atom is -0.486 e. The molecular weight excluding hydrogens is 352 g/mol. The van der Waals surface area contributed by atoms with Crippen molar-refractivity contribution in [2.45, 2.75) is 44.8 Å². The minimum atomic E-state index is 0.384. The standard InChI is InChI=1S/C22H28N4O2/c1-25-8-3-2-4-19(25)22-23-13-17-15-26(9-7-18(17)24-22)14-16-5-6-20-21(12-16)28-11-10-27-20/h5-6,12-13,19H,2-4,7-11,14-15H2,1H3/t19-/m0/s1. The molecule has 0 amide bonds. The first-order valence-corrected chi connectivity index (χ1v) is 10.4. The highest BCUT2D eigenvalue weighted by atomic mass is 16.6. The van der Waals surface area contributed by atoms with Gasteiger partial charge in [-0.3, -0.25) is 9.80 Å². The van der Waals surface area contributed by atoms with E-state index in [9.17, 15) is 0 Å². The second kappa shape index (κ2) is 7.68. The van der Waals surface area contributed by atoms with Crippen LogP contribution in [0.15, 0.2) is 24.4 Å². The average molecular weight is 380 g/mol. The van der Waals surface area contributed by atoms with Gasteiger partial charge < -0.3 is 9.47 Å². The van der Waals surface area contributed by atoms with E-state index in [-0.39, 0.29) is 0 Å². The van der Waals surface area contributed by atoms with E-state index in [0.717, 1.165) is 49.9 Å². The van der Waals surface area contributed by atoms with E-state index in [1.807, 2.05) is 6.07 Å². The average Bonchev–Trinajstić information content (AvgIpc) is 2.74. The molecule has 0 N–H and O–H groups in total. The number of rotatable bonds is 3. The second-order valence-corrected chi connectivity index (χ2v) is 8.13. The molecule has 148 valence electrons. The van der Waals surface area contributed by atoms with Crippen molar-refractivity contribution in [3.8, 4) is 11.5 Å². The van der Waals surface area contributed by atoms with Crippen molar-refractivity contribution in [3.63, 3.8) is 0 Å². The fourth-order valence-electron chi connectivity index (χ4n) is 4.53. The van der Waals surface area contributed by atoms with Crippen LogP contribution in [0.1, 0.15) is 47.9 Å². The smallest absolute Gasteiger partial charge is 0.161 e. The highest BCUT2D eigenvalue weighted by Crippen LogP contribution is 2.32. The number of hydrogen-bond acceptors (Lipinski definition) is 6. The molecule has 1 atom stereocenters. The molecule has 1 saturated heterocycles. The lowest BCUT2D eigenvalue weighted by Crippen LogP contribution is -2.33. The number of likely N-dealkylation sites (tertiary alicyclic amines) is 1. The summed E-state index contributed by atoms with van der Waals surface area (Å²) in [6, 6.07) is 6.66. The van der Waals surface area contributed by atoms with Crippen LogP contribution in [0, 0.1) is 0 Å². The minimum absolute atomic E-state index is 0.384.